The molecule has 59 heavy (non-hydrogen) atoms. The third-order valence-electron chi connectivity index (χ3n) is 9.22. The van der Waals surface area contributed by atoms with Crippen molar-refractivity contribution in [2.45, 2.75) is 74.7 Å². The molecule has 28 heteroatoms. The van der Waals surface area contributed by atoms with Crippen molar-refractivity contribution in [2.24, 2.45) is 0 Å². The van der Waals surface area contributed by atoms with E-state index in [1.807, 2.05) is 0 Å². The van der Waals surface area contributed by atoms with Gasteiger partial charge < -0.3 is 50.4 Å². The predicted molar refractivity (Wildman–Crippen MR) is 201 cm³/mol. The van der Waals surface area contributed by atoms with Gasteiger partial charge in [0.2, 0.25) is 5.91 Å². The van der Waals surface area contributed by atoms with Crippen molar-refractivity contribution in [3.63, 3.8) is 0 Å². The summed E-state index contributed by atoms with van der Waals surface area (Å²) in [6.07, 6.45) is -5.28. The number of carbonyl (C=O) groups excluding carboxylic acids is 2. The quantitative estimate of drug-likeness (QED) is 0.0428. The molecule has 6 rings (SSSR count). The van der Waals surface area contributed by atoms with Crippen LogP contribution in [-0.4, -0.2) is 127 Å². The number of likely N-dealkylation sites (N-methyl/N-ethyl adjacent to an activating group) is 1. The fourth-order valence-electron chi connectivity index (χ4n) is 6.31. The number of nitrogens with zero attached hydrogens (tertiary/aromatic N) is 8. The monoisotopic (exact) mass is 886 g/mol. The maximum atomic E-state index is 14.0. The summed E-state index contributed by atoms with van der Waals surface area (Å²) in [5, 5.41) is 13.4. The highest BCUT2D eigenvalue weighted by molar-refractivity contribution is 7.47. The van der Waals surface area contributed by atoms with Crippen LogP contribution >= 0.6 is 27.0 Å². The van der Waals surface area contributed by atoms with Crippen LogP contribution in [0.1, 0.15) is 37.4 Å². The number of nitrogens with two attached hydrogens (primary N) is 2. The van der Waals surface area contributed by atoms with Crippen LogP contribution in [0.4, 0.5) is 11.6 Å². The van der Waals surface area contributed by atoms with Gasteiger partial charge in [0.05, 0.1) is 30.7 Å². The average molecular weight is 887 g/mol. The highest BCUT2D eigenvalue weighted by Gasteiger charge is 2.50. The van der Waals surface area contributed by atoms with E-state index in [1.54, 1.807) is 17.0 Å². The number of aromatic nitrogens is 7. The number of aliphatic hydroxyl groups excluding tert-OH is 1. The number of rotatable bonds is 18. The Morgan fingerprint density at radius 3 is 2.58 bits per heavy atom. The van der Waals surface area contributed by atoms with Crippen LogP contribution in [0.3, 0.4) is 0 Å². The van der Waals surface area contributed by atoms with Crippen LogP contribution in [0.25, 0.3) is 11.2 Å². The maximum absolute atomic E-state index is 14.0. The van der Waals surface area contributed by atoms with Crippen molar-refractivity contribution in [1.82, 2.24) is 39.0 Å². The van der Waals surface area contributed by atoms with Gasteiger partial charge in [-0.15, -0.1) is 17.9 Å². The third kappa shape index (κ3) is 10.6. The molecule has 2 saturated heterocycles. The molecule has 6 heterocycles. The third-order valence-corrected chi connectivity index (χ3v) is 11.4. The Hall–Kier alpha value is -4.56. The fraction of sp³-hybridized carbons (Fsp3) is 0.484. The van der Waals surface area contributed by atoms with Gasteiger partial charge in [-0.1, -0.05) is 6.08 Å². The van der Waals surface area contributed by atoms with Gasteiger partial charge in [-0.3, -0.25) is 27.5 Å². The highest BCUT2D eigenvalue weighted by atomic mass is 32.1. The van der Waals surface area contributed by atoms with Gasteiger partial charge in [-0.25, -0.2) is 38.7 Å². The largest absolute Gasteiger partial charge is 0.472 e. The number of thiazole rings is 1. The summed E-state index contributed by atoms with van der Waals surface area (Å²) < 4.78 is 60.2. The summed E-state index contributed by atoms with van der Waals surface area (Å²) in [4.78, 5) is 90.4. The number of carbonyl (C=O) groups is 2. The SMILES string of the molecule is C=CCCC(=O)N(C)[C@H](Cc1cscn1)C(=O)O[C@H]1[C@@H](O)[C@H](n2cnc3c(N)ncnc32)O[C@H]1COP(=O)(O)O[C@H]1C[C@H](n2ccc(N)nc2=O)O[C@@H]1COP(=O)(O)O. The Morgan fingerprint density at radius 2 is 1.88 bits per heavy atom. The zero-order valence-electron chi connectivity index (χ0n) is 30.9. The van der Waals surface area contributed by atoms with Gasteiger partial charge in [-0.05, 0) is 12.5 Å². The summed E-state index contributed by atoms with van der Waals surface area (Å²) >= 11 is 1.27. The number of phosphoric ester groups is 2. The maximum Gasteiger partial charge on any atom is 0.472 e. The fourth-order valence-corrected chi connectivity index (χ4v) is 8.18. The number of nitrogen functional groups attached to an aromatic ring is 2. The summed E-state index contributed by atoms with van der Waals surface area (Å²) in [7, 11) is -8.88. The van der Waals surface area contributed by atoms with E-state index in [2.05, 4.69) is 36.0 Å². The summed E-state index contributed by atoms with van der Waals surface area (Å²) in [6, 6.07) is 0.0313. The van der Waals surface area contributed by atoms with E-state index < -0.39 is 95.4 Å². The number of hydrogen-bond donors (Lipinski definition) is 6. The van der Waals surface area contributed by atoms with E-state index in [0.717, 1.165) is 10.9 Å². The molecular weight excluding hydrogens is 846 g/mol. The number of aliphatic hydroxyl groups is 1. The zero-order chi connectivity index (χ0) is 42.6. The zero-order valence-corrected chi connectivity index (χ0v) is 33.5. The molecule has 320 valence electrons. The van der Waals surface area contributed by atoms with Crippen LogP contribution in [-0.2, 0) is 52.9 Å². The van der Waals surface area contributed by atoms with E-state index in [-0.39, 0.29) is 42.1 Å². The Kier molecular flexibility index (Phi) is 13.7. The molecule has 1 unspecified atom stereocenters. The van der Waals surface area contributed by atoms with E-state index in [0.29, 0.717) is 12.1 Å². The number of hydrogen-bond acceptors (Lipinski definition) is 20. The van der Waals surface area contributed by atoms with Gasteiger partial charge in [-0.2, -0.15) is 4.98 Å². The number of imidazole rings is 1. The van der Waals surface area contributed by atoms with E-state index in [1.165, 1.54) is 46.4 Å². The van der Waals surface area contributed by atoms with Crippen molar-refractivity contribution in [2.75, 3.05) is 31.7 Å². The minimum absolute atomic E-state index is 0.0108. The first-order valence-corrected chi connectivity index (χ1v) is 21.5. The second-order valence-corrected chi connectivity index (χ2v) is 16.5. The predicted octanol–water partition coefficient (Wildman–Crippen LogP) is -0.191. The lowest BCUT2D eigenvalue weighted by Gasteiger charge is -2.29. The Morgan fingerprint density at radius 1 is 1.12 bits per heavy atom. The van der Waals surface area contributed by atoms with Crippen LogP contribution < -0.4 is 17.2 Å². The summed E-state index contributed by atoms with van der Waals surface area (Å²) in [5.41, 5.74) is 12.9. The molecular formula is C31H40N10O15P2S. The number of fused-ring (bicyclic) bond motifs is 1. The van der Waals surface area contributed by atoms with E-state index >= 15 is 0 Å². The first-order valence-electron chi connectivity index (χ1n) is 17.5. The van der Waals surface area contributed by atoms with Crippen LogP contribution in [0.15, 0.2) is 53.3 Å². The summed E-state index contributed by atoms with van der Waals surface area (Å²) in [5.74, 6) is -1.49. The average Bonchev–Trinajstić information content (AvgIpc) is 3.98. The van der Waals surface area contributed by atoms with Gasteiger partial charge in [0, 0.05) is 37.9 Å². The first-order chi connectivity index (χ1) is 27.9. The van der Waals surface area contributed by atoms with Gasteiger partial charge in [0.1, 0.15) is 54.3 Å². The van der Waals surface area contributed by atoms with E-state index in [4.69, 9.17) is 34.7 Å². The number of amides is 1. The van der Waals surface area contributed by atoms with Gasteiger partial charge in [0.15, 0.2) is 23.8 Å². The lowest BCUT2D eigenvalue weighted by atomic mass is 10.1. The molecule has 0 spiro atoms. The molecule has 0 aromatic carbocycles. The number of anilines is 2. The number of phosphoric acid groups is 2. The molecule has 8 N–H and O–H groups in total. The van der Waals surface area contributed by atoms with Crippen molar-refractivity contribution in [3.05, 3.63) is 64.6 Å². The summed E-state index contributed by atoms with van der Waals surface area (Å²) in [6.45, 7) is 1.90. The molecule has 2 fully saturated rings. The van der Waals surface area contributed by atoms with Crippen molar-refractivity contribution < 1.29 is 66.3 Å². The molecule has 0 aliphatic carbocycles. The van der Waals surface area contributed by atoms with E-state index in [9.17, 15) is 43.3 Å². The van der Waals surface area contributed by atoms with Crippen LogP contribution in [0, 0.1) is 0 Å². The number of allylic oxidation sites excluding steroid dienone is 1. The Balaban J connectivity index is 1.24. The molecule has 25 nitrogen and oxygen atoms in total. The number of ether oxygens (including phenoxy) is 3. The molecule has 1 amide bonds. The minimum atomic E-state index is -5.22. The Labute approximate surface area is 337 Å². The minimum Gasteiger partial charge on any atom is -0.455 e. The van der Waals surface area contributed by atoms with Crippen molar-refractivity contribution in [3.8, 4) is 0 Å². The molecule has 4 aromatic rings. The first kappa shape index (κ1) is 44.0. The lowest BCUT2D eigenvalue weighted by Crippen LogP contribution is -2.48. The van der Waals surface area contributed by atoms with Crippen LogP contribution in [0.2, 0.25) is 0 Å². The molecule has 0 radical (unpaired) electrons. The molecule has 2 aliphatic heterocycles. The van der Waals surface area contributed by atoms with Gasteiger partial charge in [0.25, 0.3) is 0 Å². The Bertz CT molecular complexity index is 2290. The smallest absolute Gasteiger partial charge is 0.455 e. The molecule has 9 atom stereocenters. The number of esters is 1. The molecule has 0 saturated carbocycles. The normalized spacial score (nSPS) is 24.8. The van der Waals surface area contributed by atoms with Crippen molar-refractivity contribution in [1.29, 1.82) is 0 Å². The second kappa shape index (κ2) is 18.4. The van der Waals surface area contributed by atoms with Crippen LogP contribution in [0.5, 0.6) is 0 Å². The van der Waals surface area contributed by atoms with Gasteiger partial charge >= 0.3 is 27.3 Å². The lowest BCUT2D eigenvalue weighted by molar-refractivity contribution is -0.165. The van der Waals surface area contributed by atoms with Crippen molar-refractivity contribution >= 4 is 61.7 Å². The topological polar surface area (TPSA) is 351 Å². The molecule has 4 aromatic heterocycles. The standard InChI is InChI=1S/C31H40N10O15P2S/c1-3-4-5-22(42)39(2)17(8-16-12-59-15-37-16)30(44)55-26-20(54-29(25(26)43)41-14-36-24-27(33)34-13-35-28(24)41)11-52-58(49,50)56-18-9-23(40-7-6-21(32)38-31(40)45)53-19(18)10-51-57(46,47)48/h3,6-7,12-15,17-20,23,25-26,29,43H,1,4-5,8-11H2,2H3,(H,49,50)(H2,32,38,45)(H2,33,34,35)(H2,46,47,48)/t17-,18+,19-,20+,23-,25-,26-,29-/m1/s1. The molecule has 0 bridgehead atoms. The molecule has 2 aliphatic rings. The second-order valence-electron chi connectivity index (χ2n) is 13.2. The highest BCUT2D eigenvalue weighted by Crippen LogP contribution is 2.50.